The highest BCUT2D eigenvalue weighted by atomic mass is 16.3. The number of rotatable bonds is 9. The van der Waals surface area contributed by atoms with E-state index in [0.29, 0.717) is 27.6 Å². The minimum absolute atomic E-state index is 0.0481. The molecular weight excluding hydrogens is 512 g/mol. The highest BCUT2D eigenvalue weighted by molar-refractivity contribution is 5.21. The van der Waals surface area contributed by atoms with E-state index in [1.165, 1.54) is 128 Å². The maximum atomic E-state index is 11.1. The molecule has 6 rings (SSSR count). The van der Waals surface area contributed by atoms with E-state index in [1.54, 1.807) is 0 Å². The lowest BCUT2D eigenvalue weighted by atomic mass is 9.32. The van der Waals surface area contributed by atoms with Gasteiger partial charge in [0.1, 0.15) is 0 Å². The van der Waals surface area contributed by atoms with Crippen LogP contribution in [-0.4, -0.2) is 48.8 Å². The maximum absolute atomic E-state index is 11.1. The first-order valence-corrected chi connectivity index (χ1v) is 18.7. The molecule has 0 amide bonds. The third-order valence-corrected chi connectivity index (χ3v) is 16.3. The largest absolute Gasteiger partial charge is 0.393 e. The first-order chi connectivity index (χ1) is 19.9. The van der Waals surface area contributed by atoms with E-state index in [1.807, 2.05) is 0 Å². The lowest BCUT2D eigenvalue weighted by Crippen LogP contribution is -2.66. The number of allylic oxidation sites excluding steroid dienone is 1. The Morgan fingerprint density at radius 1 is 0.810 bits per heavy atom. The predicted molar refractivity (Wildman–Crippen MR) is 177 cm³/mol. The van der Waals surface area contributed by atoms with Crippen LogP contribution < -0.4 is 5.32 Å². The van der Waals surface area contributed by atoms with Crippen LogP contribution in [0.5, 0.6) is 0 Å². The Labute approximate surface area is 260 Å². The van der Waals surface area contributed by atoms with Crippen LogP contribution in [0.4, 0.5) is 0 Å². The Balaban J connectivity index is 1.17. The number of hydrogen-bond acceptors (Lipinski definition) is 3. The standard InChI is InChI=1S/C39H68N2O/c1-28(2)29-14-20-39(17-10-23-40-24-11-27-41-25-8-9-26-41)22-21-37(6)30(34(29)39)12-13-32-36(5)18-16-33(42)35(3,4)31(36)15-19-38(32,37)7/h29-34,40,42H,1,8-27H2,2-7H3/t29-,30+,31-,32+,33-,34+,36-,37+,38+,39+/m0/s1. The molecule has 3 heteroatoms. The molecule has 0 bridgehead atoms. The molecule has 5 aliphatic carbocycles. The van der Waals surface area contributed by atoms with Crippen LogP contribution in [0.2, 0.25) is 0 Å². The summed E-state index contributed by atoms with van der Waals surface area (Å²) in [6, 6.07) is 0. The van der Waals surface area contributed by atoms with Crippen LogP contribution in [0.25, 0.3) is 0 Å². The Morgan fingerprint density at radius 3 is 2.29 bits per heavy atom. The van der Waals surface area contributed by atoms with Crippen LogP contribution in [0.15, 0.2) is 12.2 Å². The summed E-state index contributed by atoms with van der Waals surface area (Å²) in [5.74, 6) is 3.90. The number of likely N-dealkylation sites (tertiary alicyclic amines) is 1. The number of hydrogen-bond donors (Lipinski definition) is 2. The van der Waals surface area contributed by atoms with Gasteiger partial charge in [0, 0.05) is 0 Å². The smallest absolute Gasteiger partial charge is 0.0594 e. The molecule has 1 heterocycles. The summed E-state index contributed by atoms with van der Waals surface area (Å²) in [7, 11) is 0. The third-order valence-electron chi connectivity index (χ3n) is 16.3. The number of aliphatic hydroxyl groups is 1. The number of nitrogens with one attached hydrogen (secondary N) is 1. The van der Waals surface area contributed by atoms with Gasteiger partial charge in [-0.25, -0.2) is 0 Å². The number of aliphatic hydroxyl groups excluding tert-OH is 1. The van der Waals surface area contributed by atoms with E-state index in [2.05, 4.69) is 58.3 Å². The highest BCUT2D eigenvalue weighted by Gasteiger charge is 2.70. The molecule has 1 aliphatic heterocycles. The molecule has 240 valence electrons. The molecule has 1 saturated heterocycles. The van der Waals surface area contributed by atoms with Gasteiger partial charge in [0.2, 0.25) is 0 Å². The molecule has 6 aliphatic rings. The molecule has 5 saturated carbocycles. The van der Waals surface area contributed by atoms with Crippen molar-refractivity contribution in [2.45, 2.75) is 144 Å². The van der Waals surface area contributed by atoms with E-state index < -0.39 is 0 Å². The van der Waals surface area contributed by atoms with Crippen molar-refractivity contribution in [2.24, 2.45) is 56.7 Å². The summed E-state index contributed by atoms with van der Waals surface area (Å²) in [5, 5.41) is 14.9. The second kappa shape index (κ2) is 11.5. The van der Waals surface area contributed by atoms with Crippen LogP contribution in [0.1, 0.15) is 138 Å². The fraction of sp³-hybridized carbons (Fsp3) is 0.949. The molecule has 0 aromatic rings. The van der Waals surface area contributed by atoms with Crippen molar-refractivity contribution in [1.82, 2.24) is 10.2 Å². The first-order valence-electron chi connectivity index (χ1n) is 18.7. The quantitative estimate of drug-likeness (QED) is 0.211. The van der Waals surface area contributed by atoms with Gasteiger partial charge in [-0.2, -0.15) is 0 Å². The van der Waals surface area contributed by atoms with Crippen molar-refractivity contribution in [1.29, 1.82) is 0 Å². The predicted octanol–water partition coefficient (Wildman–Crippen LogP) is 8.86. The number of fused-ring (bicyclic) bond motifs is 7. The molecular formula is C39H68N2O. The third kappa shape index (κ3) is 4.83. The van der Waals surface area contributed by atoms with Crippen molar-refractivity contribution < 1.29 is 5.11 Å². The second-order valence-electron chi connectivity index (χ2n) is 18.2. The number of nitrogens with zero attached hydrogens (tertiary/aromatic N) is 1. The average Bonchev–Trinajstić information content (AvgIpc) is 3.59. The van der Waals surface area contributed by atoms with Crippen molar-refractivity contribution >= 4 is 0 Å². The summed E-state index contributed by atoms with van der Waals surface area (Å²) in [6.45, 7) is 26.4. The van der Waals surface area contributed by atoms with E-state index in [0.717, 1.165) is 30.1 Å². The first kappa shape index (κ1) is 31.6. The molecule has 10 atom stereocenters. The molecule has 0 aromatic carbocycles. The summed E-state index contributed by atoms with van der Waals surface area (Å²) >= 11 is 0. The van der Waals surface area contributed by atoms with Gasteiger partial charge in [-0.05, 0) is 193 Å². The molecule has 6 fully saturated rings. The van der Waals surface area contributed by atoms with E-state index >= 15 is 0 Å². The minimum atomic E-state index is -0.128. The van der Waals surface area contributed by atoms with Crippen LogP contribution in [-0.2, 0) is 0 Å². The van der Waals surface area contributed by atoms with Gasteiger partial charge < -0.3 is 15.3 Å². The normalized spacial score (nSPS) is 48.3. The average molecular weight is 581 g/mol. The zero-order chi connectivity index (χ0) is 30.0. The van der Waals surface area contributed by atoms with Gasteiger partial charge >= 0.3 is 0 Å². The lowest BCUT2D eigenvalue weighted by Gasteiger charge is -2.73. The minimum Gasteiger partial charge on any atom is -0.393 e. The fourth-order valence-electron chi connectivity index (χ4n) is 13.8. The fourth-order valence-corrected chi connectivity index (χ4v) is 13.8. The Hall–Kier alpha value is -0.380. The monoisotopic (exact) mass is 581 g/mol. The molecule has 0 spiro atoms. The van der Waals surface area contributed by atoms with E-state index in [9.17, 15) is 5.11 Å². The van der Waals surface area contributed by atoms with E-state index in [4.69, 9.17) is 0 Å². The molecule has 2 N–H and O–H groups in total. The summed E-state index contributed by atoms with van der Waals surface area (Å²) < 4.78 is 0. The van der Waals surface area contributed by atoms with Gasteiger partial charge in [0.15, 0.2) is 0 Å². The Kier molecular flexibility index (Phi) is 8.61. The van der Waals surface area contributed by atoms with Gasteiger partial charge in [0.05, 0.1) is 6.10 Å². The maximum Gasteiger partial charge on any atom is 0.0594 e. The van der Waals surface area contributed by atoms with Gasteiger partial charge in [-0.15, -0.1) is 0 Å². The van der Waals surface area contributed by atoms with Gasteiger partial charge in [-0.3, -0.25) is 0 Å². The molecule has 42 heavy (non-hydrogen) atoms. The second-order valence-corrected chi connectivity index (χ2v) is 18.2. The van der Waals surface area contributed by atoms with Gasteiger partial charge in [0.25, 0.3) is 0 Å². The molecule has 0 radical (unpaired) electrons. The zero-order valence-electron chi connectivity index (χ0n) is 28.7. The zero-order valence-corrected chi connectivity index (χ0v) is 28.7. The molecule has 0 unspecified atom stereocenters. The molecule has 3 nitrogen and oxygen atoms in total. The lowest BCUT2D eigenvalue weighted by molar-refractivity contribution is -0.248. The van der Waals surface area contributed by atoms with Crippen LogP contribution in [0.3, 0.4) is 0 Å². The molecule has 0 aromatic heterocycles. The highest BCUT2D eigenvalue weighted by Crippen LogP contribution is 2.77. The van der Waals surface area contributed by atoms with Crippen molar-refractivity contribution in [3.05, 3.63) is 12.2 Å². The Bertz CT molecular complexity index is 985. The van der Waals surface area contributed by atoms with Gasteiger partial charge in [-0.1, -0.05) is 46.8 Å². The topological polar surface area (TPSA) is 35.5 Å². The van der Waals surface area contributed by atoms with Crippen molar-refractivity contribution in [2.75, 3.05) is 32.7 Å². The summed E-state index contributed by atoms with van der Waals surface area (Å²) in [5.41, 5.74) is 3.31. The summed E-state index contributed by atoms with van der Waals surface area (Å²) in [6.07, 6.45) is 20.3. The summed E-state index contributed by atoms with van der Waals surface area (Å²) in [4.78, 5) is 2.65. The van der Waals surface area contributed by atoms with E-state index in [-0.39, 0.29) is 11.5 Å². The SMILES string of the molecule is C=C(C)[C@@H]1CC[C@]2(CCCNCCCN3CCCC3)CC[C@]3(C)[C@H](CC[C@@H]4[C@@]5(C)CC[C@H](O)C(C)(C)[C@@H]5CC[C@]43C)[C@@H]12. The van der Waals surface area contributed by atoms with Crippen LogP contribution >= 0.6 is 0 Å². The van der Waals surface area contributed by atoms with Crippen molar-refractivity contribution in [3.8, 4) is 0 Å². The Morgan fingerprint density at radius 2 is 1.55 bits per heavy atom. The van der Waals surface area contributed by atoms with Crippen LogP contribution in [0, 0.1) is 56.7 Å². The van der Waals surface area contributed by atoms with Crippen molar-refractivity contribution in [3.63, 3.8) is 0 Å².